The highest BCUT2D eigenvalue weighted by molar-refractivity contribution is 5.32. The summed E-state index contributed by atoms with van der Waals surface area (Å²) in [6.45, 7) is 6.95. The van der Waals surface area contributed by atoms with E-state index in [2.05, 4.69) is 39.0 Å². The van der Waals surface area contributed by atoms with Crippen molar-refractivity contribution in [1.29, 1.82) is 0 Å². The lowest BCUT2D eigenvalue weighted by atomic mass is 9.88. The van der Waals surface area contributed by atoms with E-state index in [0.717, 1.165) is 6.42 Å². The van der Waals surface area contributed by atoms with Crippen LogP contribution in [0.3, 0.4) is 0 Å². The summed E-state index contributed by atoms with van der Waals surface area (Å²) < 4.78 is 5.08. The molecule has 1 unspecified atom stereocenters. The van der Waals surface area contributed by atoms with Gasteiger partial charge in [0.2, 0.25) is 0 Å². The second kappa shape index (κ2) is 4.77. The number of benzene rings is 1. The minimum absolute atomic E-state index is 0.299. The van der Waals surface area contributed by atoms with Crippen LogP contribution in [0.15, 0.2) is 18.2 Å². The highest BCUT2D eigenvalue weighted by Crippen LogP contribution is 2.23. The Hall–Kier alpha value is -0.860. The standard InChI is InChI=1S/C13H21NO/c1-10-7-11(2)9-12(8-10)13(3,14)5-6-15-4/h7-9H,5-6,14H2,1-4H3. The largest absolute Gasteiger partial charge is 0.385 e. The Morgan fingerprint density at radius 1 is 1.20 bits per heavy atom. The van der Waals surface area contributed by atoms with Gasteiger partial charge in [-0.25, -0.2) is 0 Å². The van der Waals surface area contributed by atoms with E-state index < -0.39 is 0 Å². The SMILES string of the molecule is COCCC(C)(N)c1cc(C)cc(C)c1. The van der Waals surface area contributed by atoms with Crippen molar-refractivity contribution >= 4 is 0 Å². The highest BCUT2D eigenvalue weighted by Gasteiger charge is 2.20. The maximum Gasteiger partial charge on any atom is 0.0482 e. The van der Waals surface area contributed by atoms with Crippen LogP contribution in [-0.2, 0) is 10.3 Å². The van der Waals surface area contributed by atoms with E-state index in [-0.39, 0.29) is 5.54 Å². The average Bonchev–Trinajstić information content (AvgIpc) is 2.13. The number of ether oxygens (including phenoxy) is 1. The normalized spacial score (nSPS) is 15.0. The van der Waals surface area contributed by atoms with Gasteiger partial charge in [0.1, 0.15) is 0 Å². The van der Waals surface area contributed by atoms with E-state index in [1.165, 1.54) is 16.7 Å². The molecule has 0 aromatic heterocycles. The first-order valence-electron chi connectivity index (χ1n) is 5.32. The minimum atomic E-state index is -0.299. The zero-order chi connectivity index (χ0) is 11.5. The third-order valence-corrected chi connectivity index (χ3v) is 2.71. The van der Waals surface area contributed by atoms with Gasteiger partial charge < -0.3 is 10.5 Å². The molecule has 15 heavy (non-hydrogen) atoms. The monoisotopic (exact) mass is 207 g/mol. The quantitative estimate of drug-likeness (QED) is 0.823. The number of hydrogen-bond donors (Lipinski definition) is 1. The Labute approximate surface area is 92.4 Å². The molecule has 0 amide bonds. The van der Waals surface area contributed by atoms with Crippen LogP contribution in [0.1, 0.15) is 30.0 Å². The van der Waals surface area contributed by atoms with Crippen molar-refractivity contribution in [3.8, 4) is 0 Å². The van der Waals surface area contributed by atoms with Gasteiger partial charge in [-0.2, -0.15) is 0 Å². The van der Waals surface area contributed by atoms with Crippen molar-refractivity contribution in [2.75, 3.05) is 13.7 Å². The van der Waals surface area contributed by atoms with Crippen LogP contribution in [0, 0.1) is 13.8 Å². The lowest BCUT2D eigenvalue weighted by Gasteiger charge is -2.25. The Bertz CT molecular complexity index is 311. The summed E-state index contributed by atoms with van der Waals surface area (Å²) in [5.74, 6) is 0. The van der Waals surface area contributed by atoms with Crippen molar-refractivity contribution in [3.63, 3.8) is 0 Å². The Morgan fingerprint density at radius 2 is 1.73 bits per heavy atom. The van der Waals surface area contributed by atoms with Gasteiger partial charge in [0, 0.05) is 19.3 Å². The first-order valence-corrected chi connectivity index (χ1v) is 5.32. The summed E-state index contributed by atoms with van der Waals surface area (Å²) in [5.41, 5.74) is 9.70. The summed E-state index contributed by atoms with van der Waals surface area (Å²) in [7, 11) is 1.71. The van der Waals surface area contributed by atoms with E-state index in [1.807, 2.05) is 0 Å². The van der Waals surface area contributed by atoms with Crippen LogP contribution >= 0.6 is 0 Å². The third kappa shape index (κ3) is 3.33. The van der Waals surface area contributed by atoms with Gasteiger partial charge >= 0.3 is 0 Å². The van der Waals surface area contributed by atoms with Crippen molar-refractivity contribution < 1.29 is 4.74 Å². The molecular formula is C13H21NO. The van der Waals surface area contributed by atoms with Crippen LogP contribution in [0.4, 0.5) is 0 Å². The van der Waals surface area contributed by atoms with Gasteiger partial charge in [-0.15, -0.1) is 0 Å². The molecule has 0 aliphatic carbocycles. The molecule has 1 rings (SSSR count). The van der Waals surface area contributed by atoms with Crippen molar-refractivity contribution in [1.82, 2.24) is 0 Å². The first kappa shape index (κ1) is 12.2. The maximum absolute atomic E-state index is 6.28. The average molecular weight is 207 g/mol. The number of methoxy groups -OCH3 is 1. The van der Waals surface area contributed by atoms with E-state index in [4.69, 9.17) is 10.5 Å². The van der Waals surface area contributed by atoms with E-state index in [0.29, 0.717) is 6.61 Å². The van der Waals surface area contributed by atoms with Crippen LogP contribution in [0.5, 0.6) is 0 Å². The summed E-state index contributed by atoms with van der Waals surface area (Å²) in [5, 5.41) is 0. The smallest absolute Gasteiger partial charge is 0.0482 e. The van der Waals surface area contributed by atoms with Gasteiger partial charge in [-0.3, -0.25) is 0 Å². The predicted molar refractivity (Wildman–Crippen MR) is 63.9 cm³/mol. The lowest BCUT2D eigenvalue weighted by molar-refractivity contribution is 0.172. The van der Waals surface area contributed by atoms with Crippen molar-refractivity contribution in [2.45, 2.75) is 32.7 Å². The highest BCUT2D eigenvalue weighted by atomic mass is 16.5. The molecule has 2 heteroatoms. The van der Waals surface area contributed by atoms with Crippen LogP contribution in [0.2, 0.25) is 0 Å². The Balaban J connectivity index is 2.93. The molecule has 0 saturated heterocycles. The van der Waals surface area contributed by atoms with E-state index >= 15 is 0 Å². The molecule has 84 valence electrons. The Morgan fingerprint density at radius 3 is 2.20 bits per heavy atom. The molecule has 1 atom stereocenters. The number of hydrogen-bond acceptors (Lipinski definition) is 2. The van der Waals surface area contributed by atoms with Gasteiger partial charge in [-0.05, 0) is 32.8 Å². The molecule has 1 aromatic rings. The van der Waals surface area contributed by atoms with E-state index in [9.17, 15) is 0 Å². The second-order valence-electron chi connectivity index (χ2n) is 4.54. The fourth-order valence-electron chi connectivity index (χ4n) is 1.76. The van der Waals surface area contributed by atoms with Crippen LogP contribution in [0.25, 0.3) is 0 Å². The number of aryl methyl sites for hydroxylation is 2. The van der Waals surface area contributed by atoms with Gasteiger partial charge in [-0.1, -0.05) is 29.3 Å². The molecule has 1 aromatic carbocycles. The predicted octanol–water partition coefficient (Wildman–Crippen LogP) is 2.51. The zero-order valence-electron chi connectivity index (χ0n) is 10.1. The molecule has 0 saturated carbocycles. The maximum atomic E-state index is 6.28. The van der Waals surface area contributed by atoms with E-state index in [1.54, 1.807) is 7.11 Å². The van der Waals surface area contributed by atoms with Crippen LogP contribution in [-0.4, -0.2) is 13.7 Å². The molecule has 0 fully saturated rings. The number of nitrogens with two attached hydrogens (primary N) is 1. The molecule has 2 N–H and O–H groups in total. The zero-order valence-corrected chi connectivity index (χ0v) is 10.1. The summed E-state index contributed by atoms with van der Waals surface area (Å²) in [6.07, 6.45) is 0.840. The van der Waals surface area contributed by atoms with Gasteiger partial charge in [0.15, 0.2) is 0 Å². The first-order chi connectivity index (χ1) is 6.95. The van der Waals surface area contributed by atoms with Crippen molar-refractivity contribution in [2.24, 2.45) is 5.73 Å². The molecule has 0 radical (unpaired) electrons. The second-order valence-corrected chi connectivity index (χ2v) is 4.54. The molecular weight excluding hydrogens is 186 g/mol. The lowest BCUT2D eigenvalue weighted by Crippen LogP contribution is -2.34. The van der Waals surface area contributed by atoms with Gasteiger partial charge in [0.05, 0.1) is 0 Å². The fraction of sp³-hybridized carbons (Fsp3) is 0.538. The minimum Gasteiger partial charge on any atom is -0.385 e. The molecule has 0 aliphatic rings. The molecule has 2 nitrogen and oxygen atoms in total. The summed E-state index contributed by atoms with van der Waals surface area (Å²) in [6, 6.07) is 6.47. The van der Waals surface area contributed by atoms with Gasteiger partial charge in [0.25, 0.3) is 0 Å². The van der Waals surface area contributed by atoms with Crippen LogP contribution < -0.4 is 5.73 Å². The molecule has 0 heterocycles. The number of rotatable bonds is 4. The summed E-state index contributed by atoms with van der Waals surface area (Å²) in [4.78, 5) is 0. The Kier molecular flexibility index (Phi) is 3.89. The fourth-order valence-corrected chi connectivity index (χ4v) is 1.76. The molecule has 0 bridgehead atoms. The molecule has 0 aliphatic heterocycles. The third-order valence-electron chi connectivity index (χ3n) is 2.71. The molecule has 0 spiro atoms. The topological polar surface area (TPSA) is 35.2 Å². The van der Waals surface area contributed by atoms with Crippen molar-refractivity contribution in [3.05, 3.63) is 34.9 Å². The summed E-state index contributed by atoms with van der Waals surface area (Å²) >= 11 is 0.